The third-order valence-electron chi connectivity index (χ3n) is 5.94. The Bertz CT molecular complexity index is 713. The second kappa shape index (κ2) is 9.47. The van der Waals surface area contributed by atoms with Crippen LogP contribution in [0.2, 0.25) is 0 Å². The lowest BCUT2D eigenvalue weighted by Crippen LogP contribution is -2.48. The van der Waals surface area contributed by atoms with E-state index in [2.05, 4.69) is 5.32 Å². The van der Waals surface area contributed by atoms with E-state index in [4.69, 9.17) is 19.9 Å². The van der Waals surface area contributed by atoms with Crippen molar-refractivity contribution in [2.24, 2.45) is 23.5 Å². The van der Waals surface area contributed by atoms with Crippen molar-refractivity contribution in [3.8, 4) is 11.5 Å². The van der Waals surface area contributed by atoms with Crippen molar-refractivity contribution >= 4 is 30.0 Å². The Balaban J connectivity index is 0.00000280. The fraction of sp³-hybridized carbons (Fsp3) is 0.600. The molecule has 2 fully saturated rings. The van der Waals surface area contributed by atoms with Gasteiger partial charge in [0.15, 0.2) is 11.5 Å². The van der Waals surface area contributed by atoms with Crippen molar-refractivity contribution in [2.45, 2.75) is 38.1 Å². The summed E-state index contributed by atoms with van der Waals surface area (Å²) in [7, 11) is 4.28. The van der Waals surface area contributed by atoms with Crippen molar-refractivity contribution in [1.29, 1.82) is 0 Å². The molecule has 2 aliphatic carbocycles. The lowest BCUT2D eigenvalue weighted by Gasteiger charge is -2.43. The summed E-state index contributed by atoms with van der Waals surface area (Å²) in [4.78, 5) is 24.9. The fourth-order valence-corrected chi connectivity index (χ4v) is 4.53. The molecule has 2 aliphatic rings. The van der Waals surface area contributed by atoms with Gasteiger partial charge >= 0.3 is 5.97 Å². The molecular formula is C20H29ClN2O5. The van der Waals surface area contributed by atoms with Crippen LogP contribution < -0.4 is 20.5 Å². The van der Waals surface area contributed by atoms with Crippen LogP contribution >= 0.6 is 12.4 Å². The van der Waals surface area contributed by atoms with Crippen LogP contribution in [-0.4, -0.2) is 39.2 Å². The number of nitrogens with one attached hydrogen (secondary N) is 1. The first kappa shape index (κ1) is 22.3. The first-order chi connectivity index (χ1) is 13.0. The Labute approximate surface area is 171 Å². The highest BCUT2D eigenvalue weighted by Crippen LogP contribution is 2.43. The van der Waals surface area contributed by atoms with Gasteiger partial charge in [-0.3, -0.25) is 4.79 Å². The zero-order chi connectivity index (χ0) is 19.6. The van der Waals surface area contributed by atoms with Gasteiger partial charge in [0.05, 0.1) is 32.6 Å². The number of carbonyl (C=O) groups excluding carboxylic acids is 2. The van der Waals surface area contributed by atoms with E-state index in [-0.39, 0.29) is 35.8 Å². The number of hydrogen-bond donors (Lipinski definition) is 2. The molecule has 1 aromatic rings. The molecule has 28 heavy (non-hydrogen) atoms. The highest BCUT2D eigenvalue weighted by atomic mass is 35.5. The van der Waals surface area contributed by atoms with E-state index >= 15 is 0 Å². The molecule has 7 nitrogen and oxygen atoms in total. The number of fused-ring (bicyclic) bond motifs is 2. The van der Waals surface area contributed by atoms with Crippen LogP contribution in [0.3, 0.4) is 0 Å². The number of carbonyl (C=O) groups is 2. The zero-order valence-electron chi connectivity index (χ0n) is 16.5. The quantitative estimate of drug-likeness (QED) is 0.721. The summed E-state index contributed by atoms with van der Waals surface area (Å²) in [6.45, 7) is 0. The summed E-state index contributed by atoms with van der Waals surface area (Å²) in [6.07, 6.45) is 5.00. The van der Waals surface area contributed by atoms with Gasteiger partial charge in [-0.05, 0) is 49.7 Å². The summed E-state index contributed by atoms with van der Waals surface area (Å²) >= 11 is 0. The molecule has 0 spiro atoms. The van der Waals surface area contributed by atoms with Gasteiger partial charge in [-0.15, -0.1) is 12.4 Å². The van der Waals surface area contributed by atoms with Crippen molar-refractivity contribution < 1.29 is 23.8 Å². The normalized spacial score (nSPS) is 25.9. The second-order valence-electron chi connectivity index (χ2n) is 7.44. The third-order valence-corrected chi connectivity index (χ3v) is 5.94. The SMILES string of the molecule is COC(=O)c1cc(NC(=O)C2CC3CCCC(C2)C3N)c(OC)c(OC)c1.Cl. The zero-order valence-corrected chi connectivity index (χ0v) is 17.3. The molecule has 0 heterocycles. The van der Waals surface area contributed by atoms with Gasteiger partial charge in [-0.1, -0.05) is 6.42 Å². The highest BCUT2D eigenvalue weighted by molar-refractivity contribution is 5.98. The van der Waals surface area contributed by atoms with Crippen LogP contribution in [0.25, 0.3) is 0 Å². The van der Waals surface area contributed by atoms with Gasteiger partial charge in [0.2, 0.25) is 5.91 Å². The second-order valence-corrected chi connectivity index (χ2v) is 7.44. The topological polar surface area (TPSA) is 99.9 Å². The van der Waals surface area contributed by atoms with Crippen molar-refractivity contribution in [3.63, 3.8) is 0 Å². The van der Waals surface area contributed by atoms with E-state index in [0.717, 1.165) is 25.7 Å². The van der Waals surface area contributed by atoms with Gasteiger partial charge in [-0.2, -0.15) is 0 Å². The maximum atomic E-state index is 13.0. The van der Waals surface area contributed by atoms with Gasteiger partial charge in [-0.25, -0.2) is 4.79 Å². The van der Waals surface area contributed by atoms with Crippen LogP contribution in [0.1, 0.15) is 42.5 Å². The van der Waals surface area contributed by atoms with Crippen LogP contribution in [0.5, 0.6) is 11.5 Å². The predicted octanol–water partition coefficient (Wildman–Crippen LogP) is 3.00. The number of halogens is 1. The Hall–Kier alpha value is -1.99. The smallest absolute Gasteiger partial charge is 0.338 e. The lowest BCUT2D eigenvalue weighted by molar-refractivity contribution is -0.122. The summed E-state index contributed by atoms with van der Waals surface area (Å²) in [5.41, 5.74) is 7.02. The average Bonchev–Trinajstić information content (AvgIpc) is 2.66. The Kier molecular flexibility index (Phi) is 7.55. The van der Waals surface area contributed by atoms with Gasteiger partial charge in [0, 0.05) is 12.0 Å². The van der Waals surface area contributed by atoms with E-state index in [1.807, 2.05) is 0 Å². The third kappa shape index (κ3) is 4.36. The number of anilines is 1. The molecule has 0 radical (unpaired) electrons. The number of benzene rings is 1. The van der Waals surface area contributed by atoms with Crippen molar-refractivity contribution in [3.05, 3.63) is 17.7 Å². The van der Waals surface area contributed by atoms with Gasteiger partial charge < -0.3 is 25.3 Å². The summed E-state index contributed by atoms with van der Waals surface area (Å²) in [6, 6.07) is 3.30. The molecule has 2 unspecified atom stereocenters. The molecular weight excluding hydrogens is 384 g/mol. The van der Waals surface area contributed by atoms with E-state index in [9.17, 15) is 9.59 Å². The lowest BCUT2D eigenvalue weighted by atomic mass is 9.65. The molecule has 156 valence electrons. The van der Waals surface area contributed by atoms with Crippen molar-refractivity contribution in [2.75, 3.05) is 26.6 Å². The number of rotatable bonds is 5. The first-order valence-corrected chi connectivity index (χ1v) is 9.39. The molecule has 0 saturated heterocycles. The minimum atomic E-state index is -0.510. The number of hydrogen-bond acceptors (Lipinski definition) is 6. The molecule has 1 aromatic carbocycles. The molecule has 2 saturated carbocycles. The maximum Gasteiger partial charge on any atom is 0.338 e. The summed E-state index contributed by atoms with van der Waals surface area (Å²) < 4.78 is 15.5. The predicted molar refractivity (Wildman–Crippen MR) is 108 cm³/mol. The fourth-order valence-electron chi connectivity index (χ4n) is 4.53. The Morgan fingerprint density at radius 3 is 2.25 bits per heavy atom. The largest absolute Gasteiger partial charge is 0.493 e. The van der Waals surface area contributed by atoms with Crippen LogP contribution in [-0.2, 0) is 9.53 Å². The van der Waals surface area contributed by atoms with Gasteiger partial charge in [0.25, 0.3) is 0 Å². The molecule has 8 heteroatoms. The van der Waals surface area contributed by atoms with E-state index in [1.165, 1.54) is 33.8 Å². The molecule has 2 atom stereocenters. The summed E-state index contributed by atoms with van der Waals surface area (Å²) in [5.74, 6) is 0.894. The number of nitrogens with two attached hydrogens (primary N) is 1. The number of ether oxygens (including phenoxy) is 3. The minimum Gasteiger partial charge on any atom is -0.493 e. The number of esters is 1. The van der Waals surface area contributed by atoms with E-state index in [1.54, 1.807) is 6.07 Å². The Morgan fingerprint density at radius 1 is 1.07 bits per heavy atom. The van der Waals surface area contributed by atoms with E-state index in [0.29, 0.717) is 29.0 Å². The molecule has 0 aromatic heterocycles. The van der Waals surface area contributed by atoms with Crippen LogP contribution in [0.15, 0.2) is 12.1 Å². The minimum absolute atomic E-state index is 0. The molecule has 0 aliphatic heterocycles. The summed E-state index contributed by atoms with van der Waals surface area (Å²) in [5, 5.41) is 2.94. The maximum absolute atomic E-state index is 13.0. The van der Waals surface area contributed by atoms with Crippen LogP contribution in [0.4, 0.5) is 5.69 Å². The molecule has 1 amide bonds. The highest BCUT2D eigenvalue weighted by Gasteiger charge is 2.40. The first-order valence-electron chi connectivity index (χ1n) is 9.39. The average molecular weight is 413 g/mol. The van der Waals surface area contributed by atoms with Crippen molar-refractivity contribution in [1.82, 2.24) is 0 Å². The number of methoxy groups -OCH3 is 3. The van der Waals surface area contributed by atoms with E-state index < -0.39 is 5.97 Å². The molecule has 3 rings (SSSR count). The van der Waals surface area contributed by atoms with Crippen LogP contribution in [0, 0.1) is 17.8 Å². The monoisotopic (exact) mass is 412 g/mol. The standard InChI is InChI=1S/C20H28N2O5.ClH/c1-25-16-10-14(20(24)27-3)9-15(18(16)26-2)22-19(23)13-7-11-5-4-6-12(8-13)17(11)21;/h9-13,17H,4-8,21H2,1-3H3,(H,22,23);1H. The Morgan fingerprint density at radius 2 is 1.71 bits per heavy atom. The molecule has 2 bridgehead atoms. The molecule has 3 N–H and O–H groups in total. The number of amides is 1. The van der Waals surface area contributed by atoms with Gasteiger partial charge in [0.1, 0.15) is 0 Å².